The van der Waals surface area contributed by atoms with Crippen molar-refractivity contribution >= 4 is 11.3 Å². The molecule has 0 amide bonds. The van der Waals surface area contributed by atoms with Gasteiger partial charge < -0.3 is 5.32 Å². The molecule has 1 heterocycles. The van der Waals surface area contributed by atoms with Crippen LogP contribution in [0.1, 0.15) is 41.7 Å². The van der Waals surface area contributed by atoms with Crippen LogP contribution in [-0.2, 0) is 13.0 Å². The van der Waals surface area contributed by atoms with Gasteiger partial charge in [0.05, 0.1) is 10.7 Å². The number of nitrogens with one attached hydrogen (secondary N) is 1. The van der Waals surface area contributed by atoms with Crippen LogP contribution in [0.3, 0.4) is 0 Å². The standard InChI is InChI=1S/C15H20N2S/c1-4-15-17-14(10-18-15)9-16-12(3)13-7-5-6-11(2)8-13/h5-8,10,12,16H,4,9H2,1-3H3/t12-/m1/s1. The lowest BCUT2D eigenvalue weighted by molar-refractivity contribution is 0.568. The lowest BCUT2D eigenvalue weighted by Gasteiger charge is -2.13. The van der Waals surface area contributed by atoms with Crippen molar-refractivity contribution < 1.29 is 0 Å². The minimum Gasteiger partial charge on any atom is -0.305 e. The van der Waals surface area contributed by atoms with Crippen molar-refractivity contribution in [1.82, 2.24) is 10.3 Å². The summed E-state index contributed by atoms with van der Waals surface area (Å²) >= 11 is 1.75. The maximum atomic E-state index is 4.57. The first-order chi connectivity index (χ1) is 8.69. The van der Waals surface area contributed by atoms with Gasteiger partial charge in [-0.1, -0.05) is 36.8 Å². The summed E-state index contributed by atoms with van der Waals surface area (Å²) in [4.78, 5) is 4.57. The molecule has 0 unspecified atom stereocenters. The highest BCUT2D eigenvalue weighted by atomic mass is 32.1. The number of rotatable bonds is 5. The van der Waals surface area contributed by atoms with Gasteiger partial charge in [-0.15, -0.1) is 11.3 Å². The Hall–Kier alpha value is -1.19. The van der Waals surface area contributed by atoms with Crippen LogP contribution in [0, 0.1) is 6.92 Å². The Labute approximate surface area is 113 Å². The van der Waals surface area contributed by atoms with Crippen molar-refractivity contribution in [3.63, 3.8) is 0 Å². The minimum atomic E-state index is 0.358. The van der Waals surface area contributed by atoms with Gasteiger partial charge in [0.1, 0.15) is 0 Å². The third kappa shape index (κ3) is 3.40. The molecule has 2 nitrogen and oxygen atoms in total. The minimum absolute atomic E-state index is 0.358. The molecule has 0 bridgehead atoms. The Morgan fingerprint density at radius 3 is 2.89 bits per heavy atom. The Morgan fingerprint density at radius 1 is 1.39 bits per heavy atom. The highest BCUT2D eigenvalue weighted by Crippen LogP contribution is 2.15. The summed E-state index contributed by atoms with van der Waals surface area (Å²) < 4.78 is 0. The van der Waals surface area contributed by atoms with Crippen molar-refractivity contribution in [1.29, 1.82) is 0 Å². The van der Waals surface area contributed by atoms with E-state index in [-0.39, 0.29) is 0 Å². The fourth-order valence-electron chi connectivity index (χ4n) is 1.91. The van der Waals surface area contributed by atoms with E-state index in [9.17, 15) is 0 Å². The molecule has 3 heteroatoms. The smallest absolute Gasteiger partial charge is 0.0926 e. The molecule has 0 aliphatic carbocycles. The Kier molecular flexibility index (Phi) is 4.50. The monoisotopic (exact) mass is 260 g/mol. The van der Waals surface area contributed by atoms with Crippen LogP contribution in [0.2, 0.25) is 0 Å². The Morgan fingerprint density at radius 2 is 2.22 bits per heavy atom. The van der Waals surface area contributed by atoms with E-state index >= 15 is 0 Å². The summed E-state index contributed by atoms with van der Waals surface area (Å²) in [6.07, 6.45) is 1.03. The molecule has 0 aliphatic rings. The summed E-state index contributed by atoms with van der Waals surface area (Å²) in [6.45, 7) is 7.31. The number of aromatic nitrogens is 1. The normalized spacial score (nSPS) is 12.6. The summed E-state index contributed by atoms with van der Waals surface area (Å²) in [5.41, 5.74) is 3.79. The van der Waals surface area contributed by atoms with E-state index in [2.05, 4.69) is 60.7 Å². The van der Waals surface area contributed by atoms with Crippen molar-refractivity contribution in [2.24, 2.45) is 0 Å². The molecule has 0 saturated heterocycles. The maximum Gasteiger partial charge on any atom is 0.0926 e. The van der Waals surface area contributed by atoms with Crippen LogP contribution < -0.4 is 5.32 Å². The second-order valence-electron chi connectivity index (χ2n) is 4.60. The molecule has 0 radical (unpaired) electrons. The summed E-state index contributed by atoms with van der Waals surface area (Å²) in [5.74, 6) is 0. The largest absolute Gasteiger partial charge is 0.305 e. The van der Waals surface area contributed by atoms with Gasteiger partial charge in [0.25, 0.3) is 0 Å². The van der Waals surface area contributed by atoms with Gasteiger partial charge in [0.15, 0.2) is 0 Å². The zero-order chi connectivity index (χ0) is 13.0. The maximum absolute atomic E-state index is 4.57. The van der Waals surface area contributed by atoms with E-state index in [1.54, 1.807) is 11.3 Å². The third-order valence-electron chi connectivity index (χ3n) is 3.03. The van der Waals surface area contributed by atoms with Crippen molar-refractivity contribution in [3.8, 4) is 0 Å². The molecule has 1 N–H and O–H groups in total. The summed E-state index contributed by atoms with van der Waals surface area (Å²) in [7, 11) is 0. The number of aryl methyl sites for hydroxylation is 2. The van der Waals surface area contributed by atoms with Crippen LogP contribution in [-0.4, -0.2) is 4.98 Å². The predicted molar refractivity (Wildman–Crippen MR) is 77.9 cm³/mol. The third-order valence-corrected chi connectivity index (χ3v) is 4.08. The molecule has 1 aromatic carbocycles. The fourth-order valence-corrected chi connectivity index (χ4v) is 2.65. The highest BCUT2D eigenvalue weighted by molar-refractivity contribution is 7.09. The predicted octanol–water partition coefficient (Wildman–Crippen LogP) is 3.86. The van der Waals surface area contributed by atoms with E-state index in [1.807, 2.05) is 0 Å². The average Bonchev–Trinajstić information content (AvgIpc) is 2.84. The molecule has 0 saturated carbocycles. The summed E-state index contributed by atoms with van der Waals surface area (Å²) in [6, 6.07) is 9.00. The van der Waals surface area contributed by atoms with Gasteiger partial charge in [-0.05, 0) is 25.8 Å². The molecule has 2 rings (SSSR count). The number of thiazole rings is 1. The number of hydrogen-bond donors (Lipinski definition) is 1. The Balaban J connectivity index is 1.93. The molecule has 1 atom stereocenters. The first kappa shape index (κ1) is 13.2. The van der Waals surface area contributed by atoms with Crippen molar-refractivity contribution in [2.45, 2.75) is 39.8 Å². The van der Waals surface area contributed by atoms with Gasteiger partial charge in [-0.25, -0.2) is 4.98 Å². The van der Waals surface area contributed by atoms with Crippen LogP contribution in [0.25, 0.3) is 0 Å². The highest BCUT2D eigenvalue weighted by Gasteiger charge is 2.06. The molecule has 1 aromatic heterocycles. The molecular weight excluding hydrogens is 240 g/mol. The van der Waals surface area contributed by atoms with Gasteiger partial charge >= 0.3 is 0 Å². The first-order valence-corrected chi connectivity index (χ1v) is 7.30. The lowest BCUT2D eigenvalue weighted by Crippen LogP contribution is -2.18. The fraction of sp³-hybridized carbons (Fsp3) is 0.400. The van der Waals surface area contributed by atoms with Gasteiger partial charge in [-0.2, -0.15) is 0 Å². The second-order valence-corrected chi connectivity index (χ2v) is 5.55. The molecule has 18 heavy (non-hydrogen) atoms. The molecule has 0 aliphatic heterocycles. The van der Waals surface area contributed by atoms with Crippen molar-refractivity contribution in [3.05, 3.63) is 51.5 Å². The zero-order valence-electron chi connectivity index (χ0n) is 11.2. The number of benzene rings is 1. The van der Waals surface area contributed by atoms with E-state index < -0.39 is 0 Å². The first-order valence-electron chi connectivity index (χ1n) is 6.42. The topological polar surface area (TPSA) is 24.9 Å². The molecule has 0 spiro atoms. The molecule has 2 aromatic rings. The van der Waals surface area contributed by atoms with Crippen LogP contribution >= 0.6 is 11.3 Å². The van der Waals surface area contributed by atoms with Crippen molar-refractivity contribution in [2.75, 3.05) is 0 Å². The van der Waals surface area contributed by atoms with E-state index in [1.165, 1.54) is 16.1 Å². The van der Waals surface area contributed by atoms with Crippen LogP contribution in [0.5, 0.6) is 0 Å². The quantitative estimate of drug-likeness (QED) is 0.883. The average molecular weight is 260 g/mol. The summed E-state index contributed by atoms with van der Waals surface area (Å²) in [5, 5.41) is 6.89. The van der Waals surface area contributed by atoms with E-state index in [4.69, 9.17) is 0 Å². The number of nitrogens with zero attached hydrogens (tertiary/aromatic N) is 1. The van der Waals surface area contributed by atoms with E-state index in [0.29, 0.717) is 6.04 Å². The van der Waals surface area contributed by atoms with E-state index in [0.717, 1.165) is 18.7 Å². The van der Waals surface area contributed by atoms with Crippen LogP contribution in [0.4, 0.5) is 0 Å². The molecule has 96 valence electrons. The van der Waals surface area contributed by atoms with Gasteiger partial charge in [0.2, 0.25) is 0 Å². The SMILES string of the molecule is CCc1nc(CN[C@H](C)c2cccc(C)c2)cs1. The van der Waals surface area contributed by atoms with Gasteiger partial charge in [0, 0.05) is 18.0 Å². The lowest BCUT2D eigenvalue weighted by atomic mass is 10.1. The number of hydrogen-bond acceptors (Lipinski definition) is 3. The molecular formula is C15H20N2S. The molecule has 0 fully saturated rings. The van der Waals surface area contributed by atoms with Crippen LogP contribution in [0.15, 0.2) is 29.6 Å². The zero-order valence-corrected chi connectivity index (χ0v) is 12.1. The van der Waals surface area contributed by atoms with Gasteiger partial charge in [-0.3, -0.25) is 0 Å². The Bertz CT molecular complexity index is 505. The second kappa shape index (κ2) is 6.12.